The number of hydrogen-bond donors (Lipinski definition) is 1. The third-order valence-electron chi connectivity index (χ3n) is 2.78. The van der Waals surface area contributed by atoms with Crippen LogP contribution >= 0.6 is 0 Å². The second-order valence-corrected chi connectivity index (χ2v) is 3.73. The number of methoxy groups -OCH3 is 1. The molecule has 1 N–H and O–H groups in total. The van der Waals surface area contributed by atoms with Gasteiger partial charge in [-0.15, -0.1) is 0 Å². The van der Waals surface area contributed by atoms with Crippen LogP contribution in [0.5, 0.6) is 0 Å². The summed E-state index contributed by atoms with van der Waals surface area (Å²) in [5.41, 5.74) is 0. The second kappa shape index (κ2) is 5.53. The largest absolute Gasteiger partial charge is 0.469 e. The summed E-state index contributed by atoms with van der Waals surface area (Å²) >= 11 is 0. The Balaban J connectivity index is 2.61. The molecule has 1 saturated carbocycles. The molecule has 2 atom stereocenters. The molecule has 1 fully saturated rings. The first-order valence-corrected chi connectivity index (χ1v) is 5.19. The van der Waals surface area contributed by atoms with Crippen LogP contribution in [0.3, 0.4) is 0 Å². The summed E-state index contributed by atoms with van der Waals surface area (Å²) in [6.07, 6.45) is 4.90. The Morgan fingerprint density at radius 1 is 1.40 bits per heavy atom. The fraction of sp³-hybridized carbons (Fsp3) is 0.636. The van der Waals surface area contributed by atoms with Gasteiger partial charge in [-0.25, -0.2) is 0 Å². The van der Waals surface area contributed by atoms with Crippen molar-refractivity contribution in [3.8, 4) is 0 Å². The zero-order chi connectivity index (χ0) is 11.3. The van der Waals surface area contributed by atoms with Crippen molar-refractivity contribution in [1.82, 2.24) is 5.32 Å². The predicted octanol–water partition coefficient (Wildman–Crippen LogP) is 1.02. The SMILES string of the molecule is C=CC(=O)N[C@@H]1CCCC[C@H]1C(=O)OC. The van der Waals surface area contributed by atoms with Gasteiger partial charge in [0.15, 0.2) is 0 Å². The highest BCUT2D eigenvalue weighted by atomic mass is 16.5. The van der Waals surface area contributed by atoms with Gasteiger partial charge in [0.25, 0.3) is 0 Å². The van der Waals surface area contributed by atoms with Crippen LogP contribution in [0.25, 0.3) is 0 Å². The van der Waals surface area contributed by atoms with E-state index in [1.807, 2.05) is 0 Å². The van der Waals surface area contributed by atoms with Gasteiger partial charge in [-0.2, -0.15) is 0 Å². The Morgan fingerprint density at radius 3 is 2.67 bits per heavy atom. The molecule has 4 heteroatoms. The van der Waals surface area contributed by atoms with Crippen molar-refractivity contribution in [1.29, 1.82) is 0 Å². The highest BCUT2D eigenvalue weighted by molar-refractivity contribution is 5.87. The molecule has 0 radical (unpaired) electrons. The van der Waals surface area contributed by atoms with Gasteiger partial charge in [0.2, 0.25) is 5.91 Å². The molecular formula is C11H17NO3. The Labute approximate surface area is 89.7 Å². The molecule has 1 aliphatic rings. The van der Waals surface area contributed by atoms with Gasteiger partial charge >= 0.3 is 5.97 Å². The van der Waals surface area contributed by atoms with Crippen LogP contribution in [0.4, 0.5) is 0 Å². The number of carbonyl (C=O) groups excluding carboxylic acids is 2. The molecular weight excluding hydrogens is 194 g/mol. The van der Waals surface area contributed by atoms with Crippen LogP contribution < -0.4 is 5.32 Å². The van der Waals surface area contributed by atoms with E-state index in [1.54, 1.807) is 0 Å². The monoisotopic (exact) mass is 211 g/mol. The smallest absolute Gasteiger partial charge is 0.310 e. The van der Waals surface area contributed by atoms with Gasteiger partial charge in [0.05, 0.1) is 13.0 Å². The van der Waals surface area contributed by atoms with E-state index in [-0.39, 0.29) is 23.8 Å². The molecule has 0 aromatic rings. The zero-order valence-electron chi connectivity index (χ0n) is 8.99. The van der Waals surface area contributed by atoms with E-state index >= 15 is 0 Å². The molecule has 84 valence electrons. The van der Waals surface area contributed by atoms with E-state index < -0.39 is 0 Å². The molecule has 1 amide bonds. The average Bonchev–Trinajstić information content (AvgIpc) is 2.28. The first kappa shape index (κ1) is 11.8. The molecule has 15 heavy (non-hydrogen) atoms. The maximum absolute atomic E-state index is 11.4. The number of carbonyl (C=O) groups is 2. The quantitative estimate of drug-likeness (QED) is 0.560. The minimum atomic E-state index is -0.232. The summed E-state index contributed by atoms with van der Waals surface area (Å²) in [7, 11) is 1.38. The van der Waals surface area contributed by atoms with Gasteiger partial charge in [-0.3, -0.25) is 9.59 Å². The first-order chi connectivity index (χ1) is 7.19. The maximum Gasteiger partial charge on any atom is 0.310 e. The Morgan fingerprint density at radius 2 is 2.07 bits per heavy atom. The van der Waals surface area contributed by atoms with Crippen molar-refractivity contribution in [2.24, 2.45) is 5.92 Å². The van der Waals surface area contributed by atoms with Crippen LogP contribution in [0.1, 0.15) is 25.7 Å². The fourth-order valence-electron chi connectivity index (χ4n) is 1.98. The second-order valence-electron chi connectivity index (χ2n) is 3.73. The molecule has 0 aliphatic heterocycles. The molecule has 0 unspecified atom stereocenters. The van der Waals surface area contributed by atoms with Crippen LogP contribution in [0.15, 0.2) is 12.7 Å². The van der Waals surface area contributed by atoms with Crippen LogP contribution in [0, 0.1) is 5.92 Å². The number of nitrogens with one attached hydrogen (secondary N) is 1. The lowest BCUT2D eigenvalue weighted by Crippen LogP contribution is -2.44. The van der Waals surface area contributed by atoms with Crippen molar-refractivity contribution < 1.29 is 14.3 Å². The van der Waals surface area contributed by atoms with Crippen molar-refractivity contribution in [3.63, 3.8) is 0 Å². The minimum Gasteiger partial charge on any atom is -0.469 e. The van der Waals surface area contributed by atoms with E-state index in [0.717, 1.165) is 25.7 Å². The van der Waals surface area contributed by atoms with E-state index in [4.69, 9.17) is 4.74 Å². The van der Waals surface area contributed by atoms with Gasteiger partial charge < -0.3 is 10.1 Å². The third-order valence-corrected chi connectivity index (χ3v) is 2.78. The Hall–Kier alpha value is -1.32. The van der Waals surface area contributed by atoms with Crippen molar-refractivity contribution >= 4 is 11.9 Å². The molecule has 0 aromatic carbocycles. The van der Waals surface area contributed by atoms with Crippen molar-refractivity contribution in [2.45, 2.75) is 31.7 Å². The van der Waals surface area contributed by atoms with Gasteiger partial charge in [-0.1, -0.05) is 19.4 Å². The molecule has 0 spiro atoms. The van der Waals surface area contributed by atoms with Crippen molar-refractivity contribution in [3.05, 3.63) is 12.7 Å². The van der Waals surface area contributed by atoms with Crippen LogP contribution in [-0.4, -0.2) is 25.0 Å². The first-order valence-electron chi connectivity index (χ1n) is 5.19. The molecule has 0 bridgehead atoms. The molecule has 1 aliphatic carbocycles. The fourth-order valence-corrected chi connectivity index (χ4v) is 1.98. The van der Waals surface area contributed by atoms with Crippen LogP contribution in [-0.2, 0) is 14.3 Å². The summed E-state index contributed by atoms with van der Waals surface area (Å²) in [5.74, 6) is -0.660. The van der Waals surface area contributed by atoms with E-state index in [1.165, 1.54) is 13.2 Å². The third kappa shape index (κ3) is 3.08. The number of amides is 1. The van der Waals surface area contributed by atoms with E-state index in [2.05, 4.69) is 11.9 Å². The van der Waals surface area contributed by atoms with Gasteiger partial charge in [0.1, 0.15) is 0 Å². The average molecular weight is 211 g/mol. The van der Waals surface area contributed by atoms with Gasteiger partial charge in [-0.05, 0) is 18.9 Å². The normalized spacial score (nSPS) is 25.4. The summed E-state index contributed by atoms with van der Waals surface area (Å²) in [6.45, 7) is 3.39. The highest BCUT2D eigenvalue weighted by Gasteiger charge is 2.32. The summed E-state index contributed by atoms with van der Waals surface area (Å²) in [4.78, 5) is 22.6. The summed E-state index contributed by atoms with van der Waals surface area (Å²) < 4.78 is 4.72. The predicted molar refractivity (Wildman–Crippen MR) is 56.1 cm³/mol. The Kier molecular flexibility index (Phi) is 4.34. The molecule has 1 rings (SSSR count). The number of hydrogen-bond acceptors (Lipinski definition) is 3. The number of ether oxygens (including phenoxy) is 1. The Bertz CT molecular complexity index is 263. The maximum atomic E-state index is 11.4. The highest BCUT2D eigenvalue weighted by Crippen LogP contribution is 2.25. The topological polar surface area (TPSA) is 55.4 Å². The molecule has 0 saturated heterocycles. The lowest BCUT2D eigenvalue weighted by molar-refractivity contribution is -0.147. The zero-order valence-corrected chi connectivity index (χ0v) is 8.99. The lowest BCUT2D eigenvalue weighted by Gasteiger charge is -2.29. The van der Waals surface area contributed by atoms with Gasteiger partial charge in [0, 0.05) is 6.04 Å². The van der Waals surface area contributed by atoms with Crippen molar-refractivity contribution in [2.75, 3.05) is 7.11 Å². The van der Waals surface area contributed by atoms with E-state index in [9.17, 15) is 9.59 Å². The molecule has 0 heterocycles. The molecule has 4 nitrogen and oxygen atoms in total. The standard InChI is InChI=1S/C11H17NO3/c1-3-10(13)12-9-7-5-4-6-8(9)11(14)15-2/h3,8-9H,1,4-7H2,2H3,(H,12,13)/t8-,9-/m1/s1. The lowest BCUT2D eigenvalue weighted by atomic mass is 9.84. The van der Waals surface area contributed by atoms with E-state index in [0.29, 0.717) is 0 Å². The summed E-state index contributed by atoms with van der Waals surface area (Å²) in [6, 6.07) is -0.100. The van der Waals surface area contributed by atoms with Crippen LogP contribution in [0.2, 0.25) is 0 Å². The number of esters is 1. The number of rotatable bonds is 3. The minimum absolute atomic E-state index is 0.100. The molecule has 0 aromatic heterocycles. The summed E-state index contributed by atoms with van der Waals surface area (Å²) in [5, 5.41) is 2.78.